The molecule has 8 heteroatoms. The molecule has 0 amide bonds. The monoisotopic (exact) mass is 369 g/mol. The Morgan fingerprint density at radius 3 is 2.79 bits per heavy atom. The molecule has 0 unspecified atom stereocenters. The first-order valence-corrected chi connectivity index (χ1v) is 9.93. The molecule has 1 N–H and O–H groups in total. The minimum absolute atomic E-state index is 0.0101. The van der Waals surface area contributed by atoms with Crippen LogP contribution in [0.4, 0.5) is 8.78 Å². The Balaban J connectivity index is 2.01. The van der Waals surface area contributed by atoms with Gasteiger partial charge in [0.05, 0.1) is 5.52 Å². The second-order valence-electron chi connectivity index (χ2n) is 5.91. The van der Waals surface area contributed by atoms with Gasteiger partial charge in [-0.15, -0.1) is 11.3 Å². The highest BCUT2D eigenvalue weighted by Crippen LogP contribution is 2.46. The fraction of sp³-hybridized carbons (Fsp3) is 0.250. The van der Waals surface area contributed by atoms with E-state index in [0.29, 0.717) is 21.5 Å². The molecule has 1 aliphatic rings. The number of benzene rings is 1. The van der Waals surface area contributed by atoms with Crippen molar-refractivity contribution in [3.8, 4) is 5.00 Å². The number of hydrogen-bond donors (Lipinski definition) is 1. The minimum atomic E-state index is -3.60. The summed E-state index contributed by atoms with van der Waals surface area (Å²) in [4.78, 5) is 0. The Morgan fingerprint density at radius 1 is 1.33 bits per heavy atom. The van der Waals surface area contributed by atoms with Crippen molar-refractivity contribution in [2.45, 2.75) is 22.9 Å². The summed E-state index contributed by atoms with van der Waals surface area (Å²) in [6.45, 7) is 0. The molecule has 0 bridgehead atoms. The fourth-order valence-corrected chi connectivity index (χ4v) is 5.78. The number of sulfone groups is 1. The summed E-state index contributed by atoms with van der Waals surface area (Å²) in [5.74, 6) is -0.368. The summed E-state index contributed by atoms with van der Waals surface area (Å²) in [5.41, 5.74) is 1.36. The quantitative estimate of drug-likeness (QED) is 0.755. The van der Waals surface area contributed by atoms with E-state index in [1.807, 2.05) is 0 Å². The largest absolute Gasteiger partial charge is 0.385 e. The Hall–Kier alpha value is -1.77. The van der Waals surface area contributed by atoms with E-state index in [0.717, 1.165) is 17.6 Å². The zero-order valence-corrected chi connectivity index (χ0v) is 14.2. The molecular formula is C16H13F2NO3S2. The van der Waals surface area contributed by atoms with E-state index in [2.05, 4.69) is 0 Å². The lowest BCUT2D eigenvalue weighted by molar-refractivity contribution is 0.0910. The smallest absolute Gasteiger partial charge is 0.185 e. The maximum atomic E-state index is 14.0. The molecule has 0 spiro atoms. The highest BCUT2D eigenvalue weighted by Gasteiger charge is 2.40. The first-order chi connectivity index (χ1) is 11.3. The number of aliphatic hydroxyl groups is 1. The molecule has 0 saturated heterocycles. The predicted octanol–water partition coefficient (Wildman–Crippen LogP) is 3.16. The Morgan fingerprint density at radius 2 is 2.08 bits per heavy atom. The first-order valence-electron chi connectivity index (χ1n) is 7.22. The Bertz CT molecular complexity index is 1070. The molecule has 0 saturated carbocycles. The van der Waals surface area contributed by atoms with Crippen molar-refractivity contribution in [2.24, 2.45) is 0 Å². The molecule has 1 aromatic carbocycles. The molecule has 24 heavy (non-hydrogen) atoms. The van der Waals surface area contributed by atoms with Gasteiger partial charge >= 0.3 is 0 Å². The summed E-state index contributed by atoms with van der Waals surface area (Å²) < 4.78 is 53.2. The average Bonchev–Trinajstić information content (AvgIpc) is 3.13. The lowest BCUT2D eigenvalue weighted by Crippen LogP contribution is -2.09. The van der Waals surface area contributed by atoms with Gasteiger partial charge in [-0.2, -0.15) is 0 Å². The van der Waals surface area contributed by atoms with Crippen LogP contribution < -0.4 is 0 Å². The number of aromatic nitrogens is 1. The summed E-state index contributed by atoms with van der Waals surface area (Å²) in [6.07, 6.45) is -0.264. The van der Waals surface area contributed by atoms with Crippen molar-refractivity contribution in [3.63, 3.8) is 0 Å². The molecule has 3 aromatic rings. The van der Waals surface area contributed by atoms with Crippen molar-refractivity contribution in [2.75, 3.05) is 6.26 Å². The van der Waals surface area contributed by atoms with E-state index in [1.165, 1.54) is 12.1 Å². The van der Waals surface area contributed by atoms with Crippen LogP contribution in [0.2, 0.25) is 0 Å². The van der Waals surface area contributed by atoms with Gasteiger partial charge in [0.1, 0.15) is 27.3 Å². The van der Waals surface area contributed by atoms with E-state index in [4.69, 9.17) is 0 Å². The van der Waals surface area contributed by atoms with Crippen LogP contribution in [0.5, 0.6) is 0 Å². The zero-order valence-electron chi connectivity index (χ0n) is 12.5. The lowest BCUT2D eigenvalue weighted by atomic mass is 10.2. The third kappa shape index (κ3) is 2.21. The van der Waals surface area contributed by atoms with Crippen molar-refractivity contribution in [1.82, 2.24) is 4.57 Å². The summed E-state index contributed by atoms with van der Waals surface area (Å²) in [5, 5.41) is 11.3. The van der Waals surface area contributed by atoms with Crippen LogP contribution in [-0.2, 0) is 16.3 Å². The van der Waals surface area contributed by atoms with Crippen LogP contribution in [0.25, 0.3) is 15.9 Å². The van der Waals surface area contributed by atoms with Gasteiger partial charge in [0.15, 0.2) is 9.84 Å². The number of aliphatic hydroxyl groups excluding tert-OH is 1. The normalized spacial score (nSPS) is 20.7. The van der Waals surface area contributed by atoms with E-state index < -0.39 is 22.1 Å². The van der Waals surface area contributed by atoms with Gasteiger partial charge in [0, 0.05) is 29.8 Å². The lowest BCUT2D eigenvalue weighted by Gasteiger charge is -2.07. The standard InChI is InChI=1S/C16H13F2NO3S2/c1-24(21,22)16-13-10(7-11(18)14(13)20)15(23-16)19-5-4-8-6-9(17)2-3-12(8)19/h2-6,11,14,20H,7H2,1H3/t11-,14+/m0/s1. The molecule has 4 nitrogen and oxygen atoms in total. The van der Waals surface area contributed by atoms with Gasteiger partial charge in [-0.1, -0.05) is 0 Å². The maximum Gasteiger partial charge on any atom is 0.185 e. The van der Waals surface area contributed by atoms with Crippen LogP contribution in [0.3, 0.4) is 0 Å². The third-order valence-corrected chi connectivity index (χ3v) is 7.33. The Kier molecular flexibility index (Phi) is 3.35. The van der Waals surface area contributed by atoms with Crippen LogP contribution in [0.15, 0.2) is 34.7 Å². The topological polar surface area (TPSA) is 59.3 Å². The molecule has 4 rings (SSSR count). The van der Waals surface area contributed by atoms with Crippen molar-refractivity contribution in [1.29, 1.82) is 0 Å². The summed E-state index contributed by atoms with van der Waals surface area (Å²) >= 11 is 1.01. The van der Waals surface area contributed by atoms with Gasteiger partial charge in [0.2, 0.25) is 0 Å². The highest BCUT2D eigenvalue weighted by atomic mass is 32.2. The zero-order chi connectivity index (χ0) is 17.2. The van der Waals surface area contributed by atoms with Crippen molar-refractivity contribution < 1.29 is 22.3 Å². The minimum Gasteiger partial charge on any atom is -0.385 e. The van der Waals surface area contributed by atoms with Crippen LogP contribution in [0.1, 0.15) is 17.2 Å². The summed E-state index contributed by atoms with van der Waals surface area (Å²) in [7, 11) is -3.60. The highest BCUT2D eigenvalue weighted by molar-refractivity contribution is 7.92. The van der Waals surface area contributed by atoms with Crippen LogP contribution in [0, 0.1) is 5.82 Å². The van der Waals surface area contributed by atoms with E-state index >= 15 is 0 Å². The molecule has 0 fully saturated rings. The number of rotatable bonds is 2. The SMILES string of the molecule is CS(=O)(=O)c1sc(-n2ccc3cc(F)ccc32)c2c1[C@H](O)[C@@H](F)C2. The van der Waals surface area contributed by atoms with Crippen molar-refractivity contribution in [3.05, 3.63) is 47.4 Å². The van der Waals surface area contributed by atoms with Gasteiger partial charge in [-0.25, -0.2) is 17.2 Å². The van der Waals surface area contributed by atoms with Crippen molar-refractivity contribution >= 4 is 32.1 Å². The Labute approximate surface area is 140 Å². The van der Waals surface area contributed by atoms with Crippen LogP contribution in [-0.4, -0.2) is 30.5 Å². The number of halogens is 2. The number of alkyl halides is 1. The second kappa shape index (κ2) is 5.11. The number of hydrogen-bond acceptors (Lipinski definition) is 4. The van der Waals surface area contributed by atoms with E-state index in [9.17, 15) is 22.3 Å². The molecule has 126 valence electrons. The van der Waals surface area contributed by atoms with Gasteiger partial charge in [-0.3, -0.25) is 0 Å². The molecule has 0 radical (unpaired) electrons. The van der Waals surface area contributed by atoms with Crippen LogP contribution >= 0.6 is 11.3 Å². The fourth-order valence-electron chi connectivity index (χ4n) is 3.19. The average molecular weight is 369 g/mol. The molecule has 2 atom stereocenters. The van der Waals surface area contributed by atoms with E-state index in [-0.39, 0.29) is 22.0 Å². The maximum absolute atomic E-state index is 14.0. The van der Waals surface area contributed by atoms with Gasteiger partial charge < -0.3 is 9.67 Å². The number of nitrogens with zero attached hydrogens (tertiary/aromatic N) is 1. The first kappa shape index (κ1) is 15.7. The number of thiophene rings is 1. The molecular weight excluding hydrogens is 356 g/mol. The molecule has 0 aliphatic heterocycles. The number of fused-ring (bicyclic) bond motifs is 2. The third-order valence-electron chi connectivity index (χ3n) is 4.24. The predicted molar refractivity (Wildman–Crippen MR) is 87.8 cm³/mol. The van der Waals surface area contributed by atoms with Gasteiger partial charge in [0.25, 0.3) is 0 Å². The van der Waals surface area contributed by atoms with Gasteiger partial charge in [-0.05, 0) is 29.8 Å². The van der Waals surface area contributed by atoms with E-state index in [1.54, 1.807) is 22.9 Å². The molecule has 2 heterocycles. The molecule has 2 aromatic heterocycles. The summed E-state index contributed by atoms with van der Waals surface area (Å²) in [6, 6.07) is 6.00. The second-order valence-corrected chi connectivity index (χ2v) is 9.12. The molecule has 1 aliphatic carbocycles.